The number of hydrogen-bond acceptors (Lipinski definition) is 3. The number of sulfone groups is 1. The van der Waals surface area contributed by atoms with Crippen molar-refractivity contribution < 1.29 is 18.3 Å². The number of carboxylic acids is 1. The van der Waals surface area contributed by atoms with Gasteiger partial charge in [0.2, 0.25) is 9.84 Å². The standard InChI is InChI=1S/C15H17NO4S/c1-10-3-6-13(7-4-10)21(19,20)15-11(2)16-9-12(15)5-8-14(17)18/h3-4,6-7,9,16H,5,8H2,1-2H3,(H,17,18). The molecular formula is C15H17NO4S. The van der Waals surface area contributed by atoms with Crippen molar-refractivity contribution in [2.45, 2.75) is 36.5 Å². The van der Waals surface area contributed by atoms with Crippen LogP contribution in [0.3, 0.4) is 0 Å². The summed E-state index contributed by atoms with van der Waals surface area (Å²) in [4.78, 5) is 14.0. The molecule has 0 bridgehead atoms. The summed E-state index contributed by atoms with van der Waals surface area (Å²) in [6, 6.07) is 6.62. The molecule has 2 N–H and O–H groups in total. The highest BCUT2D eigenvalue weighted by Gasteiger charge is 2.25. The van der Waals surface area contributed by atoms with Crippen LogP contribution in [0.15, 0.2) is 40.3 Å². The molecule has 2 rings (SSSR count). The fraction of sp³-hybridized carbons (Fsp3) is 0.267. The summed E-state index contributed by atoms with van der Waals surface area (Å²) in [5.41, 5.74) is 2.01. The van der Waals surface area contributed by atoms with Gasteiger partial charge in [-0.15, -0.1) is 0 Å². The van der Waals surface area contributed by atoms with Gasteiger partial charge in [0.05, 0.1) is 9.79 Å². The van der Waals surface area contributed by atoms with E-state index in [9.17, 15) is 13.2 Å². The maximum absolute atomic E-state index is 12.7. The number of carboxylic acid groups (broad SMARTS) is 1. The summed E-state index contributed by atoms with van der Waals surface area (Å²) in [6.45, 7) is 3.56. The Morgan fingerprint density at radius 1 is 1.19 bits per heavy atom. The average molecular weight is 307 g/mol. The summed E-state index contributed by atoms with van der Waals surface area (Å²) >= 11 is 0. The van der Waals surface area contributed by atoms with Crippen LogP contribution in [0.2, 0.25) is 0 Å². The number of hydrogen-bond donors (Lipinski definition) is 2. The van der Waals surface area contributed by atoms with E-state index in [0.717, 1.165) is 5.56 Å². The van der Waals surface area contributed by atoms with Crippen LogP contribution in [-0.2, 0) is 21.1 Å². The molecule has 0 saturated heterocycles. The Bertz CT molecular complexity index is 757. The summed E-state index contributed by atoms with van der Waals surface area (Å²) in [5, 5.41) is 8.76. The topological polar surface area (TPSA) is 87.2 Å². The third kappa shape index (κ3) is 3.16. The quantitative estimate of drug-likeness (QED) is 0.888. The Hall–Kier alpha value is -2.08. The highest BCUT2D eigenvalue weighted by molar-refractivity contribution is 7.91. The first-order valence-corrected chi connectivity index (χ1v) is 8.01. The van der Waals surface area contributed by atoms with E-state index < -0.39 is 15.8 Å². The van der Waals surface area contributed by atoms with Crippen LogP contribution in [0, 0.1) is 13.8 Å². The van der Waals surface area contributed by atoms with Gasteiger partial charge >= 0.3 is 5.97 Å². The fourth-order valence-corrected chi connectivity index (χ4v) is 3.90. The van der Waals surface area contributed by atoms with E-state index in [1.807, 2.05) is 6.92 Å². The number of carbonyl (C=O) groups is 1. The first-order valence-electron chi connectivity index (χ1n) is 6.53. The molecule has 2 aromatic rings. The van der Waals surface area contributed by atoms with E-state index in [0.29, 0.717) is 11.3 Å². The maximum atomic E-state index is 12.7. The van der Waals surface area contributed by atoms with Crippen LogP contribution in [0.25, 0.3) is 0 Å². The van der Waals surface area contributed by atoms with Crippen molar-refractivity contribution in [3.05, 3.63) is 47.3 Å². The molecule has 112 valence electrons. The molecule has 21 heavy (non-hydrogen) atoms. The van der Waals surface area contributed by atoms with E-state index in [1.165, 1.54) is 0 Å². The zero-order chi connectivity index (χ0) is 15.6. The number of aryl methyl sites for hydroxylation is 3. The third-order valence-electron chi connectivity index (χ3n) is 3.30. The molecule has 0 aliphatic rings. The predicted octanol–water partition coefficient (Wildman–Crippen LogP) is 2.48. The van der Waals surface area contributed by atoms with Crippen LogP contribution < -0.4 is 0 Å². The van der Waals surface area contributed by atoms with Gasteiger partial charge in [0.25, 0.3) is 0 Å². The molecule has 1 heterocycles. The van der Waals surface area contributed by atoms with E-state index in [2.05, 4.69) is 4.98 Å². The Balaban J connectivity index is 2.47. The third-order valence-corrected chi connectivity index (χ3v) is 5.30. The molecule has 1 aromatic carbocycles. The Morgan fingerprint density at radius 2 is 1.81 bits per heavy atom. The van der Waals surface area contributed by atoms with E-state index >= 15 is 0 Å². The van der Waals surface area contributed by atoms with Gasteiger partial charge in [0.15, 0.2) is 0 Å². The molecular weight excluding hydrogens is 290 g/mol. The lowest BCUT2D eigenvalue weighted by atomic mass is 10.2. The molecule has 6 heteroatoms. The normalized spacial score (nSPS) is 11.5. The molecule has 0 aliphatic carbocycles. The summed E-state index contributed by atoms with van der Waals surface area (Å²) < 4.78 is 25.5. The second-order valence-electron chi connectivity index (χ2n) is 4.98. The number of aliphatic carboxylic acids is 1. The van der Waals surface area contributed by atoms with Crippen molar-refractivity contribution in [2.75, 3.05) is 0 Å². The monoisotopic (exact) mass is 307 g/mol. The minimum absolute atomic E-state index is 0.103. The van der Waals surface area contributed by atoms with Gasteiger partial charge in [-0.3, -0.25) is 4.79 Å². The van der Waals surface area contributed by atoms with E-state index in [-0.39, 0.29) is 22.6 Å². The molecule has 0 saturated carbocycles. The number of nitrogens with one attached hydrogen (secondary N) is 1. The first-order chi connectivity index (χ1) is 9.82. The van der Waals surface area contributed by atoms with Crippen LogP contribution in [0.4, 0.5) is 0 Å². The van der Waals surface area contributed by atoms with Crippen LogP contribution >= 0.6 is 0 Å². The molecule has 1 aromatic heterocycles. The predicted molar refractivity (Wildman–Crippen MR) is 78.1 cm³/mol. The molecule has 0 aliphatic heterocycles. The van der Waals surface area contributed by atoms with Crippen molar-refractivity contribution in [1.82, 2.24) is 4.98 Å². The lowest BCUT2D eigenvalue weighted by Gasteiger charge is -2.07. The highest BCUT2D eigenvalue weighted by atomic mass is 32.2. The van der Waals surface area contributed by atoms with Gasteiger partial charge in [-0.25, -0.2) is 8.42 Å². The van der Waals surface area contributed by atoms with Crippen molar-refractivity contribution in [3.8, 4) is 0 Å². The molecule has 0 unspecified atom stereocenters. The summed E-state index contributed by atoms with van der Waals surface area (Å²) in [5.74, 6) is -0.951. The molecule has 0 atom stereocenters. The average Bonchev–Trinajstić information content (AvgIpc) is 2.78. The van der Waals surface area contributed by atoms with Gasteiger partial charge in [-0.2, -0.15) is 0 Å². The first kappa shape index (κ1) is 15.3. The number of benzene rings is 1. The van der Waals surface area contributed by atoms with Crippen LogP contribution in [0.5, 0.6) is 0 Å². The molecule has 0 amide bonds. The number of H-pyrrole nitrogens is 1. The second-order valence-corrected chi connectivity index (χ2v) is 6.86. The maximum Gasteiger partial charge on any atom is 0.303 e. The number of aromatic amines is 1. The smallest absolute Gasteiger partial charge is 0.303 e. The van der Waals surface area contributed by atoms with Crippen molar-refractivity contribution >= 4 is 15.8 Å². The van der Waals surface area contributed by atoms with Gasteiger partial charge < -0.3 is 10.1 Å². The molecule has 0 fully saturated rings. The van der Waals surface area contributed by atoms with Gasteiger partial charge in [-0.05, 0) is 38.0 Å². The Morgan fingerprint density at radius 3 is 2.38 bits per heavy atom. The van der Waals surface area contributed by atoms with E-state index in [1.54, 1.807) is 37.4 Å². The van der Waals surface area contributed by atoms with E-state index in [4.69, 9.17) is 5.11 Å². The second kappa shape index (κ2) is 5.73. The number of rotatable bonds is 5. The summed E-state index contributed by atoms with van der Waals surface area (Å²) in [7, 11) is -3.65. The number of aromatic nitrogens is 1. The zero-order valence-electron chi connectivity index (χ0n) is 11.9. The molecule has 0 spiro atoms. The summed E-state index contributed by atoms with van der Waals surface area (Å²) in [6.07, 6.45) is 1.65. The van der Waals surface area contributed by atoms with Gasteiger partial charge in [0, 0.05) is 18.3 Å². The Kier molecular flexibility index (Phi) is 4.18. The van der Waals surface area contributed by atoms with Crippen molar-refractivity contribution in [1.29, 1.82) is 0 Å². The van der Waals surface area contributed by atoms with Crippen LogP contribution in [0.1, 0.15) is 23.2 Å². The van der Waals surface area contributed by atoms with Crippen molar-refractivity contribution in [3.63, 3.8) is 0 Å². The SMILES string of the molecule is Cc1ccc(S(=O)(=O)c2c(CCC(=O)O)c[nH]c2C)cc1. The molecule has 5 nitrogen and oxygen atoms in total. The zero-order valence-corrected chi connectivity index (χ0v) is 12.7. The largest absolute Gasteiger partial charge is 0.481 e. The molecule has 0 radical (unpaired) electrons. The fourth-order valence-electron chi connectivity index (χ4n) is 2.20. The minimum atomic E-state index is -3.65. The van der Waals surface area contributed by atoms with Gasteiger partial charge in [-0.1, -0.05) is 17.7 Å². The van der Waals surface area contributed by atoms with Crippen LogP contribution in [-0.4, -0.2) is 24.5 Å². The highest BCUT2D eigenvalue weighted by Crippen LogP contribution is 2.28. The lowest BCUT2D eigenvalue weighted by Crippen LogP contribution is -2.07. The van der Waals surface area contributed by atoms with Gasteiger partial charge in [0.1, 0.15) is 0 Å². The van der Waals surface area contributed by atoms with Crippen molar-refractivity contribution in [2.24, 2.45) is 0 Å². The minimum Gasteiger partial charge on any atom is -0.481 e. The Labute approximate surface area is 123 Å². The lowest BCUT2D eigenvalue weighted by molar-refractivity contribution is -0.136.